The Morgan fingerprint density at radius 3 is 2.58 bits per heavy atom. The van der Waals surface area contributed by atoms with Crippen molar-refractivity contribution in [2.45, 2.75) is 12.8 Å². The minimum atomic E-state index is -0.285. The highest BCUT2D eigenvalue weighted by Crippen LogP contribution is 2.24. The molecule has 200 valence electrons. The average Bonchev–Trinajstić information content (AvgIpc) is 2.96. The summed E-state index contributed by atoms with van der Waals surface area (Å²) in [6.45, 7) is 5.97. The standard InChI is InChI=1S/C27H33FN8O2/c1-34-12-14-35(15-13-34)25-17-26(31-19-30-25)38-16-10-29-27(37)21-3-2-11-36(18-21)24-9-8-23(32-33-24)20-4-6-22(28)7-5-20/h4-9,17,19,21H,2-3,10-16,18H2,1H3,(H,29,37). The van der Waals surface area contributed by atoms with Crippen molar-refractivity contribution >= 4 is 17.5 Å². The number of carbonyl (C=O) groups excluding carboxylic acids is 1. The number of piperazine rings is 1. The van der Waals surface area contributed by atoms with Crippen molar-refractivity contribution in [3.8, 4) is 17.1 Å². The Bertz CT molecular complexity index is 1200. The molecule has 1 unspecified atom stereocenters. The third-order valence-electron chi connectivity index (χ3n) is 7.01. The number of hydrogen-bond acceptors (Lipinski definition) is 9. The third-order valence-corrected chi connectivity index (χ3v) is 7.01. The fourth-order valence-electron chi connectivity index (χ4n) is 4.76. The van der Waals surface area contributed by atoms with Crippen molar-refractivity contribution in [1.82, 2.24) is 30.4 Å². The van der Waals surface area contributed by atoms with Gasteiger partial charge in [-0.05, 0) is 56.3 Å². The summed E-state index contributed by atoms with van der Waals surface area (Å²) in [5.74, 6) is 1.70. The SMILES string of the molecule is CN1CCN(c2cc(OCCNC(=O)C3CCCN(c4ccc(-c5ccc(F)cc5)nn4)C3)ncn2)CC1. The first-order valence-corrected chi connectivity index (χ1v) is 13.1. The van der Waals surface area contributed by atoms with Crippen molar-refractivity contribution in [3.05, 3.63) is 54.6 Å². The van der Waals surface area contributed by atoms with Gasteiger partial charge in [0.2, 0.25) is 11.8 Å². The number of rotatable bonds is 8. The maximum absolute atomic E-state index is 13.2. The lowest BCUT2D eigenvalue weighted by Gasteiger charge is -2.33. The van der Waals surface area contributed by atoms with Gasteiger partial charge in [0.05, 0.1) is 18.2 Å². The number of ether oxygens (including phenoxy) is 1. The van der Waals surface area contributed by atoms with Crippen LogP contribution in [-0.4, -0.2) is 90.4 Å². The van der Waals surface area contributed by atoms with Gasteiger partial charge in [0.15, 0.2) is 5.82 Å². The zero-order chi connectivity index (χ0) is 26.3. The summed E-state index contributed by atoms with van der Waals surface area (Å²) >= 11 is 0. The molecule has 5 rings (SSSR count). The van der Waals surface area contributed by atoms with Crippen molar-refractivity contribution < 1.29 is 13.9 Å². The van der Waals surface area contributed by atoms with E-state index in [9.17, 15) is 9.18 Å². The fourth-order valence-corrected chi connectivity index (χ4v) is 4.76. The first-order chi connectivity index (χ1) is 18.5. The summed E-state index contributed by atoms with van der Waals surface area (Å²) in [5, 5.41) is 11.7. The zero-order valence-corrected chi connectivity index (χ0v) is 21.6. The average molecular weight is 521 g/mol. The van der Waals surface area contributed by atoms with E-state index >= 15 is 0 Å². The van der Waals surface area contributed by atoms with Crippen LogP contribution in [0.1, 0.15) is 12.8 Å². The highest BCUT2D eigenvalue weighted by molar-refractivity contribution is 5.79. The molecule has 1 aromatic carbocycles. The van der Waals surface area contributed by atoms with E-state index in [0.717, 1.165) is 62.8 Å². The number of nitrogens with one attached hydrogen (secondary N) is 1. The van der Waals surface area contributed by atoms with Crippen LogP contribution in [-0.2, 0) is 4.79 Å². The minimum absolute atomic E-state index is 0.00926. The van der Waals surface area contributed by atoms with Crippen LogP contribution >= 0.6 is 0 Å². The quantitative estimate of drug-likeness (QED) is 0.448. The van der Waals surface area contributed by atoms with Crippen LogP contribution in [0.5, 0.6) is 5.88 Å². The smallest absolute Gasteiger partial charge is 0.225 e. The molecule has 0 aliphatic carbocycles. The molecular formula is C27H33FN8O2. The second kappa shape index (κ2) is 12.1. The molecule has 2 aliphatic rings. The molecule has 2 saturated heterocycles. The Labute approximate surface area is 221 Å². The Hall–Kier alpha value is -3.86. The summed E-state index contributed by atoms with van der Waals surface area (Å²) in [7, 11) is 2.12. The Morgan fingerprint density at radius 2 is 1.82 bits per heavy atom. The summed E-state index contributed by atoms with van der Waals surface area (Å²) in [4.78, 5) is 28.0. The lowest BCUT2D eigenvalue weighted by Crippen LogP contribution is -2.44. The molecular weight excluding hydrogens is 487 g/mol. The number of hydrogen-bond donors (Lipinski definition) is 1. The van der Waals surface area contributed by atoms with E-state index in [4.69, 9.17) is 4.74 Å². The lowest BCUT2D eigenvalue weighted by atomic mass is 9.97. The lowest BCUT2D eigenvalue weighted by molar-refractivity contribution is -0.125. The molecule has 1 atom stereocenters. The molecule has 2 aromatic heterocycles. The van der Waals surface area contributed by atoms with E-state index in [2.05, 4.69) is 47.2 Å². The van der Waals surface area contributed by atoms with E-state index < -0.39 is 0 Å². The van der Waals surface area contributed by atoms with E-state index in [1.165, 1.54) is 18.5 Å². The van der Waals surface area contributed by atoms with Gasteiger partial charge in [0.25, 0.3) is 0 Å². The van der Waals surface area contributed by atoms with Gasteiger partial charge in [-0.1, -0.05) is 0 Å². The van der Waals surface area contributed by atoms with Gasteiger partial charge in [-0.15, -0.1) is 10.2 Å². The first kappa shape index (κ1) is 25.8. The zero-order valence-electron chi connectivity index (χ0n) is 21.6. The molecule has 1 amide bonds. The topological polar surface area (TPSA) is 99.6 Å². The molecule has 0 saturated carbocycles. The van der Waals surface area contributed by atoms with Crippen LogP contribution in [0.3, 0.4) is 0 Å². The number of aromatic nitrogens is 4. The number of piperidine rings is 1. The first-order valence-electron chi connectivity index (χ1n) is 13.1. The Morgan fingerprint density at radius 1 is 1.00 bits per heavy atom. The van der Waals surface area contributed by atoms with Gasteiger partial charge in [-0.3, -0.25) is 4.79 Å². The van der Waals surface area contributed by atoms with Crippen molar-refractivity contribution in [1.29, 1.82) is 0 Å². The number of amides is 1. The van der Waals surface area contributed by atoms with Gasteiger partial charge in [-0.2, -0.15) is 0 Å². The van der Waals surface area contributed by atoms with Crippen LogP contribution in [0.25, 0.3) is 11.3 Å². The molecule has 11 heteroatoms. The van der Waals surface area contributed by atoms with E-state index in [1.54, 1.807) is 12.1 Å². The number of nitrogens with zero attached hydrogens (tertiary/aromatic N) is 7. The van der Waals surface area contributed by atoms with E-state index in [1.807, 2.05) is 18.2 Å². The highest BCUT2D eigenvalue weighted by atomic mass is 19.1. The summed E-state index contributed by atoms with van der Waals surface area (Å²) in [6.07, 6.45) is 3.24. The van der Waals surface area contributed by atoms with Crippen molar-refractivity contribution in [3.63, 3.8) is 0 Å². The monoisotopic (exact) mass is 520 g/mol. The van der Waals surface area contributed by atoms with Crippen LogP contribution in [0, 0.1) is 11.7 Å². The molecule has 3 aromatic rings. The van der Waals surface area contributed by atoms with Crippen LogP contribution in [0.15, 0.2) is 48.8 Å². The molecule has 0 radical (unpaired) electrons. The molecule has 2 aliphatic heterocycles. The van der Waals surface area contributed by atoms with Gasteiger partial charge >= 0.3 is 0 Å². The van der Waals surface area contributed by atoms with E-state index in [0.29, 0.717) is 31.3 Å². The molecule has 38 heavy (non-hydrogen) atoms. The maximum atomic E-state index is 13.2. The number of carbonyl (C=O) groups is 1. The molecule has 1 N–H and O–H groups in total. The Kier molecular flexibility index (Phi) is 8.22. The minimum Gasteiger partial charge on any atom is -0.476 e. The summed E-state index contributed by atoms with van der Waals surface area (Å²) in [6, 6.07) is 11.8. The van der Waals surface area contributed by atoms with Gasteiger partial charge in [0.1, 0.15) is 24.6 Å². The summed E-state index contributed by atoms with van der Waals surface area (Å²) < 4.78 is 19.0. The normalized spacial score (nSPS) is 18.3. The summed E-state index contributed by atoms with van der Waals surface area (Å²) in [5.41, 5.74) is 1.49. The predicted octanol–water partition coefficient (Wildman–Crippen LogP) is 2.24. The van der Waals surface area contributed by atoms with Gasteiger partial charge in [-0.25, -0.2) is 14.4 Å². The third kappa shape index (κ3) is 6.52. The van der Waals surface area contributed by atoms with Crippen LogP contribution in [0.4, 0.5) is 16.0 Å². The highest BCUT2D eigenvalue weighted by Gasteiger charge is 2.26. The largest absolute Gasteiger partial charge is 0.476 e. The maximum Gasteiger partial charge on any atom is 0.225 e. The second-order valence-corrected chi connectivity index (χ2v) is 9.71. The van der Waals surface area contributed by atoms with Crippen LogP contribution < -0.4 is 19.9 Å². The molecule has 0 spiro atoms. The molecule has 2 fully saturated rings. The number of likely N-dealkylation sites (N-methyl/N-ethyl adjacent to an activating group) is 1. The van der Waals surface area contributed by atoms with Gasteiger partial charge < -0.3 is 24.8 Å². The number of anilines is 2. The Balaban J connectivity index is 1.08. The van der Waals surface area contributed by atoms with Crippen molar-refractivity contribution in [2.75, 3.05) is 69.3 Å². The molecule has 0 bridgehead atoms. The van der Waals surface area contributed by atoms with Crippen molar-refractivity contribution in [2.24, 2.45) is 5.92 Å². The fraction of sp³-hybridized carbons (Fsp3) is 0.444. The number of benzene rings is 1. The molecule has 4 heterocycles. The predicted molar refractivity (Wildman–Crippen MR) is 143 cm³/mol. The van der Waals surface area contributed by atoms with E-state index in [-0.39, 0.29) is 17.6 Å². The number of halogens is 1. The second-order valence-electron chi connectivity index (χ2n) is 9.71. The van der Waals surface area contributed by atoms with Gasteiger partial charge in [0, 0.05) is 50.9 Å². The molecule has 10 nitrogen and oxygen atoms in total. The van der Waals surface area contributed by atoms with Crippen LogP contribution in [0.2, 0.25) is 0 Å².